The van der Waals surface area contributed by atoms with Crippen LogP contribution in [0.5, 0.6) is 0 Å². The van der Waals surface area contributed by atoms with Crippen LogP contribution < -0.4 is 0 Å². The maximum Gasteiger partial charge on any atom is 0.225 e. The van der Waals surface area contributed by atoms with Gasteiger partial charge in [0.25, 0.3) is 0 Å². The summed E-state index contributed by atoms with van der Waals surface area (Å²) in [5.74, 6) is -0.261. The zero-order valence-corrected chi connectivity index (χ0v) is 6.67. The zero-order valence-electron chi connectivity index (χ0n) is 6.67. The van der Waals surface area contributed by atoms with Crippen molar-refractivity contribution >= 4 is 12.4 Å². The fraction of sp³-hybridized carbons (Fsp3) is 0.100. The SMILES string of the molecule is Cc1ccc(C=C[C]=O)cc1F. The molecule has 0 amide bonds. The van der Waals surface area contributed by atoms with E-state index in [0.29, 0.717) is 11.1 Å². The van der Waals surface area contributed by atoms with Crippen LogP contribution in [-0.4, -0.2) is 6.29 Å². The third-order valence-electron chi connectivity index (χ3n) is 1.54. The number of hydrogen-bond acceptors (Lipinski definition) is 1. The molecule has 61 valence electrons. The Hall–Kier alpha value is -1.44. The summed E-state index contributed by atoms with van der Waals surface area (Å²) in [6.07, 6.45) is 4.32. The highest BCUT2D eigenvalue weighted by Gasteiger charge is 1.95. The van der Waals surface area contributed by atoms with Gasteiger partial charge in [0, 0.05) is 0 Å². The average Bonchev–Trinajstić information content (AvgIpc) is 2.07. The van der Waals surface area contributed by atoms with Crippen LogP contribution in [0.15, 0.2) is 24.3 Å². The number of aryl methyl sites for hydroxylation is 1. The molecule has 0 saturated carbocycles. The highest BCUT2D eigenvalue weighted by atomic mass is 19.1. The smallest absolute Gasteiger partial charge is 0.225 e. The largest absolute Gasteiger partial charge is 0.286 e. The first kappa shape index (κ1) is 8.65. The number of hydrogen-bond donors (Lipinski definition) is 0. The van der Waals surface area contributed by atoms with Crippen molar-refractivity contribution in [2.45, 2.75) is 6.92 Å². The molecule has 0 heterocycles. The molecule has 0 unspecified atom stereocenters. The molecule has 12 heavy (non-hydrogen) atoms. The van der Waals surface area contributed by atoms with E-state index in [2.05, 4.69) is 0 Å². The first-order valence-electron chi connectivity index (χ1n) is 3.54. The molecule has 1 aromatic carbocycles. The molecule has 1 aromatic rings. The molecule has 0 aliphatic carbocycles. The number of carbonyl (C=O) groups excluding carboxylic acids is 1. The Morgan fingerprint density at radius 2 is 2.25 bits per heavy atom. The summed E-state index contributed by atoms with van der Waals surface area (Å²) in [4.78, 5) is 9.82. The van der Waals surface area contributed by atoms with Gasteiger partial charge in [-0.05, 0) is 30.2 Å². The Morgan fingerprint density at radius 3 is 2.83 bits per heavy atom. The van der Waals surface area contributed by atoms with E-state index in [4.69, 9.17) is 0 Å². The summed E-state index contributed by atoms with van der Waals surface area (Å²) in [5, 5.41) is 0. The van der Waals surface area contributed by atoms with Crippen LogP contribution in [0.4, 0.5) is 4.39 Å². The van der Waals surface area contributed by atoms with Crippen molar-refractivity contribution in [3.05, 3.63) is 41.2 Å². The minimum Gasteiger partial charge on any atom is -0.286 e. The van der Waals surface area contributed by atoms with E-state index in [1.54, 1.807) is 25.3 Å². The van der Waals surface area contributed by atoms with Crippen LogP contribution in [0.3, 0.4) is 0 Å². The van der Waals surface area contributed by atoms with E-state index in [-0.39, 0.29) is 5.82 Å². The van der Waals surface area contributed by atoms with Crippen LogP contribution in [0.25, 0.3) is 6.08 Å². The van der Waals surface area contributed by atoms with Gasteiger partial charge in [0.2, 0.25) is 6.29 Å². The van der Waals surface area contributed by atoms with Gasteiger partial charge in [-0.1, -0.05) is 18.2 Å². The van der Waals surface area contributed by atoms with Gasteiger partial charge in [-0.3, -0.25) is 4.79 Å². The number of benzene rings is 1. The third-order valence-corrected chi connectivity index (χ3v) is 1.54. The Kier molecular flexibility index (Phi) is 2.75. The van der Waals surface area contributed by atoms with E-state index in [0.717, 1.165) is 0 Å². The second-order valence-electron chi connectivity index (χ2n) is 2.46. The summed E-state index contributed by atoms with van der Waals surface area (Å²) in [6, 6.07) is 4.79. The van der Waals surface area contributed by atoms with Gasteiger partial charge in [0.05, 0.1) is 0 Å². The van der Waals surface area contributed by atoms with Crippen molar-refractivity contribution in [3.63, 3.8) is 0 Å². The number of rotatable bonds is 2. The molecule has 0 aromatic heterocycles. The second kappa shape index (κ2) is 3.81. The van der Waals surface area contributed by atoms with Gasteiger partial charge in [0.1, 0.15) is 5.82 Å². The van der Waals surface area contributed by atoms with Crippen molar-refractivity contribution in [2.75, 3.05) is 0 Å². The predicted molar refractivity (Wildman–Crippen MR) is 45.9 cm³/mol. The van der Waals surface area contributed by atoms with Crippen molar-refractivity contribution in [2.24, 2.45) is 0 Å². The third kappa shape index (κ3) is 2.02. The lowest BCUT2D eigenvalue weighted by molar-refractivity contribution is 0.564. The molecule has 0 aliphatic rings. The molecule has 0 saturated heterocycles. The summed E-state index contributed by atoms with van der Waals surface area (Å²) in [5.41, 5.74) is 1.27. The minimum atomic E-state index is -0.261. The Bertz CT molecular complexity index is 316. The molecule has 1 nitrogen and oxygen atoms in total. The molecule has 0 aliphatic heterocycles. The molecule has 0 N–H and O–H groups in total. The standard InChI is InChI=1S/C10H8FO/c1-8-4-5-9(3-2-6-12)7-10(8)11/h2-5,7H,1H3. The van der Waals surface area contributed by atoms with Crippen LogP contribution in [-0.2, 0) is 4.79 Å². The average molecular weight is 163 g/mol. The van der Waals surface area contributed by atoms with Gasteiger partial charge in [-0.25, -0.2) is 4.39 Å². The number of halogens is 1. The molecule has 0 bridgehead atoms. The maximum atomic E-state index is 12.9. The van der Waals surface area contributed by atoms with E-state index >= 15 is 0 Å². The van der Waals surface area contributed by atoms with Gasteiger partial charge >= 0.3 is 0 Å². The zero-order chi connectivity index (χ0) is 8.97. The molecule has 0 fully saturated rings. The van der Waals surface area contributed by atoms with Crippen LogP contribution in [0, 0.1) is 12.7 Å². The summed E-state index contributed by atoms with van der Waals surface area (Å²) >= 11 is 0. The van der Waals surface area contributed by atoms with Gasteiger partial charge in [0.15, 0.2) is 0 Å². The van der Waals surface area contributed by atoms with Gasteiger partial charge in [-0.15, -0.1) is 0 Å². The Labute approximate surface area is 70.5 Å². The number of allylic oxidation sites excluding steroid dienone is 1. The lowest BCUT2D eigenvalue weighted by atomic mass is 10.1. The van der Waals surface area contributed by atoms with Crippen molar-refractivity contribution in [1.82, 2.24) is 0 Å². The molecule has 0 spiro atoms. The second-order valence-corrected chi connectivity index (χ2v) is 2.46. The van der Waals surface area contributed by atoms with Crippen LogP contribution in [0.2, 0.25) is 0 Å². The molecular weight excluding hydrogens is 155 g/mol. The summed E-state index contributed by atoms with van der Waals surface area (Å²) < 4.78 is 12.9. The van der Waals surface area contributed by atoms with Gasteiger partial charge in [-0.2, -0.15) is 0 Å². The van der Waals surface area contributed by atoms with E-state index in [1.807, 2.05) is 0 Å². The molecule has 1 rings (SSSR count). The van der Waals surface area contributed by atoms with Gasteiger partial charge < -0.3 is 0 Å². The lowest BCUT2D eigenvalue weighted by Gasteiger charge is -1.96. The molecule has 2 heteroatoms. The van der Waals surface area contributed by atoms with E-state index in [9.17, 15) is 9.18 Å². The van der Waals surface area contributed by atoms with E-state index in [1.165, 1.54) is 18.2 Å². The fourth-order valence-electron chi connectivity index (χ4n) is 0.843. The van der Waals surface area contributed by atoms with E-state index < -0.39 is 0 Å². The normalized spacial score (nSPS) is 10.5. The first-order chi connectivity index (χ1) is 5.74. The summed E-state index contributed by atoms with van der Waals surface area (Å²) in [6.45, 7) is 1.69. The molecule has 1 radical (unpaired) electrons. The first-order valence-corrected chi connectivity index (χ1v) is 3.54. The molecule has 0 atom stereocenters. The Morgan fingerprint density at radius 1 is 1.50 bits per heavy atom. The predicted octanol–water partition coefficient (Wildman–Crippen LogP) is 2.26. The maximum absolute atomic E-state index is 12.9. The minimum absolute atomic E-state index is 0.261. The fourth-order valence-corrected chi connectivity index (χ4v) is 0.843. The topological polar surface area (TPSA) is 17.1 Å². The highest BCUT2D eigenvalue weighted by molar-refractivity contribution is 5.74. The van der Waals surface area contributed by atoms with Crippen LogP contribution >= 0.6 is 0 Å². The van der Waals surface area contributed by atoms with Crippen LogP contribution in [0.1, 0.15) is 11.1 Å². The lowest BCUT2D eigenvalue weighted by Crippen LogP contribution is -1.82. The quantitative estimate of drug-likeness (QED) is 0.611. The van der Waals surface area contributed by atoms with Crippen molar-refractivity contribution in [1.29, 1.82) is 0 Å². The summed E-state index contributed by atoms with van der Waals surface area (Å²) in [7, 11) is 0. The molecular formula is C10H8FO. The van der Waals surface area contributed by atoms with Crippen molar-refractivity contribution < 1.29 is 9.18 Å². The Balaban J connectivity index is 2.96. The highest BCUT2D eigenvalue weighted by Crippen LogP contribution is 2.09. The monoisotopic (exact) mass is 163 g/mol. The van der Waals surface area contributed by atoms with Crippen molar-refractivity contribution in [3.8, 4) is 0 Å².